The minimum absolute atomic E-state index is 0.0106. The van der Waals surface area contributed by atoms with E-state index in [-0.39, 0.29) is 30.7 Å². The van der Waals surface area contributed by atoms with Crippen molar-refractivity contribution >= 4 is 20.0 Å². The summed E-state index contributed by atoms with van der Waals surface area (Å²) in [6, 6.07) is -0.290. The number of allylic oxidation sites excluding steroid dienone is 3. The summed E-state index contributed by atoms with van der Waals surface area (Å²) in [5.74, 6) is 4.80. The maximum Gasteiger partial charge on any atom is 0.472 e. The molecule has 4 aliphatic rings. The zero-order chi connectivity index (χ0) is 40.9. The molecule has 4 aliphatic carbocycles. The molecule has 11 atom stereocenters. The van der Waals surface area contributed by atoms with Crippen molar-refractivity contribution in [1.29, 1.82) is 0 Å². The van der Waals surface area contributed by atoms with E-state index in [1.807, 2.05) is 35.0 Å². The summed E-state index contributed by atoms with van der Waals surface area (Å²) < 4.78 is 35.2. The van der Waals surface area contributed by atoms with Gasteiger partial charge in [0.25, 0.3) is 0 Å². The van der Waals surface area contributed by atoms with E-state index < -0.39 is 32.7 Å². The fraction of sp³-hybridized carbons (Fsp3) is 0.860. The first-order valence-electron chi connectivity index (χ1n) is 21.3. The summed E-state index contributed by atoms with van der Waals surface area (Å²) in [5, 5.41) is 2.40. The van der Waals surface area contributed by atoms with E-state index in [1.54, 1.807) is 0 Å². The van der Waals surface area contributed by atoms with E-state index in [0.717, 1.165) is 37.5 Å². The Labute approximate surface area is 333 Å². The van der Waals surface area contributed by atoms with E-state index in [4.69, 9.17) is 18.5 Å². The van der Waals surface area contributed by atoms with Crippen LogP contribution in [0.4, 0.5) is 9.59 Å². The molecule has 11 nitrogen and oxygen atoms in total. The van der Waals surface area contributed by atoms with Crippen LogP contribution in [0.3, 0.4) is 0 Å². The van der Waals surface area contributed by atoms with E-state index in [9.17, 15) is 19.0 Å². The molecule has 0 spiro atoms. The van der Waals surface area contributed by atoms with Crippen molar-refractivity contribution < 1.29 is 42.1 Å². The number of likely N-dealkylation sites (N-methyl/N-ethyl adjacent to an activating group) is 1. The van der Waals surface area contributed by atoms with Gasteiger partial charge in [-0.25, -0.2) is 14.2 Å². The molecule has 2 N–H and O–H groups in total. The van der Waals surface area contributed by atoms with Crippen molar-refractivity contribution in [3.63, 3.8) is 0 Å². The van der Waals surface area contributed by atoms with Gasteiger partial charge < -0.3 is 29.1 Å². The zero-order valence-corrected chi connectivity index (χ0v) is 37.2. The van der Waals surface area contributed by atoms with Crippen LogP contribution < -0.4 is 5.32 Å². The number of nitrogens with one attached hydrogen (secondary N) is 1. The van der Waals surface area contributed by atoms with Gasteiger partial charge in [-0.2, -0.15) is 0 Å². The number of fused-ring (bicyclic) bond motifs is 5. The maximum absolute atomic E-state index is 13.8. The predicted molar refractivity (Wildman–Crippen MR) is 218 cm³/mol. The van der Waals surface area contributed by atoms with Crippen molar-refractivity contribution in [2.24, 2.45) is 52.3 Å². The number of alkyl carbamates (subject to hydrolysis) is 1. The van der Waals surface area contributed by atoms with Gasteiger partial charge in [-0.15, -0.1) is 0 Å². The second-order valence-corrected chi connectivity index (χ2v) is 20.9. The van der Waals surface area contributed by atoms with Gasteiger partial charge in [0, 0.05) is 19.5 Å². The molecule has 3 saturated carbocycles. The van der Waals surface area contributed by atoms with Crippen LogP contribution in [-0.4, -0.2) is 99.2 Å². The lowest BCUT2D eigenvalue weighted by Gasteiger charge is -2.58. The summed E-state index contributed by atoms with van der Waals surface area (Å²) >= 11 is 0. The number of ether oxygens (including phenoxy) is 2. The quantitative estimate of drug-likeness (QED) is 0.0849. The lowest BCUT2D eigenvalue weighted by atomic mass is 9.47. The monoisotopic (exact) mass is 795 g/mol. The Bertz CT molecular complexity index is 1410. The van der Waals surface area contributed by atoms with Crippen LogP contribution in [0.25, 0.3) is 0 Å². The molecule has 0 bridgehead atoms. The van der Waals surface area contributed by atoms with Gasteiger partial charge in [0.05, 0.1) is 34.3 Å². The highest BCUT2D eigenvalue weighted by Gasteiger charge is 2.59. The van der Waals surface area contributed by atoms with Crippen LogP contribution in [0.1, 0.15) is 113 Å². The zero-order valence-electron chi connectivity index (χ0n) is 36.3. The average Bonchev–Trinajstić information content (AvgIpc) is 3.46. The first-order chi connectivity index (χ1) is 25.6. The van der Waals surface area contributed by atoms with E-state index >= 15 is 0 Å². The normalized spacial score (nSPS) is 32.1. The molecule has 0 saturated heterocycles. The summed E-state index contributed by atoms with van der Waals surface area (Å²) in [6.07, 6.45) is 15.1. The number of phosphoric acid groups is 1. The van der Waals surface area contributed by atoms with Gasteiger partial charge in [0.15, 0.2) is 0 Å². The highest BCUT2D eigenvalue weighted by molar-refractivity contribution is 7.47. The van der Waals surface area contributed by atoms with E-state index in [0.29, 0.717) is 46.0 Å². The van der Waals surface area contributed by atoms with Crippen molar-refractivity contribution in [1.82, 2.24) is 10.2 Å². The van der Waals surface area contributed by atoms with Crippen molar-refractivity contribution in [2.45, 2.75) is 131 Å². The third-order valence-corrected chi connectivity index (χ3v) is 15.2. The number of carbonyl (C=O) groups excluding carboxylic acids is 2. The second kappa shape index (κ2) is 18.8. The predicted octanol–water partition coefficient (Wildman–Crippen LogP) is 9.22. The third-order valence-electron chi connectivity index (χ3n) is 14.2. The molecule has 12 heteroatoms. The van der Waals surface area contributed by atoms with Gasteiger partial charge in [-0.1, -0.05) is 65.3 Å². The maximum atomic E-state index is 13.8. The van der Waals surface area contributed by atoms with Gasteiger partial charge in [-0.3, -0.25) is 9.05 Å². The average molecular weight is 795 g/mol. The van der Waals surface area contributed by atoms with Crippen molar-refractivity contribution in [2.75, 3.05) is 54.5 Å². The molecule has 0 aromatic carbocycles. The molecule has 4 rings (SSSR count). The van der Waals surface area contributed by atoms with Crippen LogP contribution in [0.5, 0.6) is 0 Å². The fourth-order valence-electron chi connectivity index (χ4n) is 10.8. The third kappa shape index (κ3) is 11.4. The van der Waals surface area contributed by atoms with Crippen LogP contribution in [0, 0.1) is 52.3 Å². The number of hydrogen-bond donors (Lipinski definition) is 2. The lowest BCUT2D eigenvalue weighted by molar-refractivity contribution is -0.870. The summed E-state index contributed by atoms with van der Waals surface area (Å²) in [6.45, 7) is 18.3. The van der Waals surface area contributed by atoms with Gasteiger partial charge in [-0.05, 0) is 117 Å². The molecule has 5 unspecified atom stereocenters. The highest BCUT2D eigenvalue weighted by atomic mass is 31.2. The smallest absolute Gasteiger partial charge is 0.446 e. The van der Waals surface area contributed by atoms with Crippen molar-refractivity contribution in [3.05, 3.63) is 23.8 Å². The van der Waals surface area contributed by atoms with E-state index in [2.05, 4.69) is 65.1 Å². The number of nitrogens with zero attached hydrogens (tertiary/aromatic N) is 2. The molecule has 0 aliphatic heterocycles. The summed E-state index contributed by atoms with van der Waals surface area (Å²) in [4.78, 5) is 37.8. The van der Waals surface area contributed by atoms with Gasteiger partial charge in [0.2, 0.25) is 0 Å². The van der Waals surface area contributed by atoms with Gasteiger partial charge >= 0.3 is 20.0 Å². The topological polar surface area (TPSA) is 124 Å². The summed E-state index contributed by atoms with van der Waals surface area (Å²) in [7, 11) is 2.82. The molecule has 0 radical (unpaired) electrons. The molecule has 0 heterocycles. The standard InChI is InChI=1S/C43H76N3O8P/c1-13-32(29(2)3)15-14-31(6)37-18-19-38-36-17-16-33-26-34(20-22-42(33,7)39(36)21-23-43(37,38)8)54-41(48)45(30(4)5)27-35(53-40(47)44-9)28-52-55(49,50)51-25-24-46(10,11)12/h14-16,29-32,34-39H,13,17-28H2,1-12H3,(H-,44,47,49,50)/p+1/b15-14+/t31-,32-,34+,35?,36?,37-,38?,39?,42+,43-/m1/s1. The number of hydrogen-bond acceptors (Lipinski definition) is 7. The Morgan fingerprint density at radius 1 is 1.04 bits per heavy atom. The number of phosphoric ester groups is 1. The Kier molecular flexibility index (Phi) is 15.6. The second-order valence-electron chi connectivity index (χ2n) is 19.4. The summed E-state index contributed by atoms with van der Waals surface area (Å²) in [5.41, 5.74) is 1.95. The van der Waals surface area contributed by atoms with Crippen molar-refractivity contribution in [3.8, 4) is 0 Å². The first kappa shape index (κ1) is 45.8. The molecule has 55 heavy (non-hydrogen) atoms. The Morgan fingerprint density at radius 2 is 1.75 bits per heavy atom. The molecule has 2 amide bonds. The highest BCUT2D eigenvalue weighted by Crippen LogP contribution is 2.67. The van der Waals surface area contributed by atoms with Crippen LogP contribution in [-0.2, 0) is 23.1 Å². The molecule has 0 aromatic heterocycles. The SMILES string of the molecule is CC[C@H](/C=C/[C@@H](C)[C@H]1CCC2C3CC=C4C[C@@H](OC(=O)N(CC(COP(=O)(O)OCC[N+](C)(C)C)OC(=O)NC)C(C)C)CC[C@]4(C)C3CC[C@@]21C)C(C)C. The van der Waals surface area contributed by atoms with Crippen LogP contribution >= 0.6 is 7.82 Å². The molecule has 316 valence electrons. The fourth-order valence-corrected chi connectivity index (χ4v) is 11.6. The number of rotatable bonds is 17. The number of quaternary nitrogens is 1. The molecular formula is C43H77N3O8P+. The molecular weight excluding hydrogens is 717 g/mol. The largest absolute Gasteiger partial charge is 0.472 e. The van der Waals surface area contributed by atoms with Gasteiger partial charge in [0.1, 0.15) is 25.4 Å². The van der Waals surface area contributed by atoms with E-state index in [1.165, 1.54) is 49.6 Å². The Morgan fingerprint density at radius 3 is 2.36 bits per heavy atom. The minimum atomic E-state index is -4.43. The molecule has 3 fully saturated rings. The Hall–Kier alpha value is -1.91. The number of carbonyl (C=O) groups is 2. The lowest BCUT2D eigenvalue weighted by Crippen LogP contribution is -2.51. The van der Waals surface area contributed by atoms with Crippen LogP contribution in [0.2, 0.25) is 0 Å². The minimum Gasteiger partial charge on any atom is -0.446 e. The van der Waals surface area contributed by atoms with Crippen LogP contribution in [0.15, 0.2) is 23.8 Å². The Balaban J connectivity index is 1.39. The first-order valence-corrected chi connectivity index (χ1v) is 22.8. The number of amides is 2. The molecule has 0 aromatic rings.